The number of primary amides is 1. The topological polar surface area (TPSA) is 272 Å². The average molecular weight is 990 g/mol. The van der Waals surface area contributed by atoms with Crippen LogP contribution in [0.5, 0.6) is 0 Å². The van der Waals surface area contributed by atoms with Gasteiger partial charge in [0, 0.05) is 44.0 Å². The average Bonchev–Trinajstić information content (AvgIpc) is 3.32. The number of aliphatic hydroxyl groups is 1. The number of ether oxygens (including phenoxy) is 4. The summed E-state index contributed by atoms with van der Waals surface area (Å²) in [5, 5.41) is 22.8. The molecule has 19 heteroatoms. The highest BCUT2D eigenvalue weighted by molar-refractivity contribution is 7.99. The maximum atomic E-state index is 12.9. The van der Waals surface area contributed by atoms with Gasteiger partial charge < -0.3 is 62.1 Å². The predicted molar refractivity (Wildman–Crippen MR) is 270 cm³/mol. The molecule has 0 fully saturated rings. The van der Waals surface area contributed by atoms with Gasteiger partial charge in [-0.05, 0) is 12.8 Å². The summed E-state index contributed by atoms with van der Waals surface area (Å²) in [4.78, 5) is 73.0. The van der Waals surface area contributed by atoms with Crippen LogP contribution in [0.4, 0.5) is 9.59 Å². The first kappa shape index (κ1) is 64.6. The fraction of sp³-hybridized carbons (Fsp3) is 0.878. The smallest absolute Gasteiger partial charge is 0.407 e. The number of carbonyl (C=O) groups is 6. The number of hydrogen-bond donors (Lipinski definition) is 8. The zero-order valence-electron chi connectivity index (χ0n) is 42.2. The minimum Gasteiger partial charge on any atom is -0.449 e. The van der Waals surface area contributed by atoms with Crippen LogP contribution in [-0.4, -0.2) is 136 Å². The third-order valence-electron chi connectivity index (χ3n) is 11.2. The molecule has 0 aliphatic rings. The van der Waals surface area contributed by atoms with Crippen molar-refractivity contribution in [1.29, 1.82) is 0 Å². The molecule has 6 amide bonds. The Morgan fingerprint density at radius 3 is 1.53 bits per heavy atom. The molecule has 0 radical (unpaired) electrons. The summed E-state index contributed by atoms with van der Waals surface area (Å²) in [5.41, 5.74) is 11.1. The molecule has 0 aromatic rings. The maximum absolute atomic E-state index is 12.9. The molecular formula is C49H95N7O11S. The summed E-state index contributed by atoms with van der Waals surface area (Å²) in [6, 6.07) is -2.28. The van der Waals surface area contributed by atoms with Crippen molar-refractivity contribution in [2.45, 2.75) is 199 Å². The minimum atomic E-state index is -1.24. The summed E-state index contributed by atoms with van der Waals surface area (Å²) >= 11 is 1.28. The lowest BCUT2D eigenvalue weighted by Crippen LogP contribution is -2.54. The van der Waals surface area contributed by atoms with Crippen LogP contribution in [0.15, 0.2) is 0 Å². The highest BCUT2D eigenvalue weighted by Gasteiger charge is 2.24. The number of nitrogens with two attached hydrogens (primary N) is 2. The van der Waals surface area contributed by atoms with E-state index in [0.717, 1.165) is 38.5 Å². The molecule has 0 heterocycles. The van der Waals surface area contributed by atoms with Gasteiger partial charge in [-0.2, -0.15) is 11.8 Å². The Hall–Kier alpha value is -3.39. The van der Waals surface area contributed by atoms with E-state index in [1.807, 2.05) is 0 Å². The van der Waals surface area contributed by atoms with E-state index in [1.54, 1.807) is 0 Å². The van der Waals surface area contributed by atoms with Crippen LogP contribution in [0.25, 0.3) is 0 Å². The fourth-order valence-corrected chi connectivity index (χ4v) is 8.06. The van der Waals surface area contributed by atoms with Crippen LogP contribution < -0.4 is 38.1 Å². The molecule has 0 aromatic carbocycles. The molecule has 0 saturated heterocycles. The van der Waals surface area contributed by atoms with Crippen molar-refractivity contribution in [2.75, 3.05) is 77.3 Å². The van der Waals surface area contributed by atoms with Crippen molar-refractivity contribution in [2.24, 2.45) is 11.5 Å². The van der Waals surface area contributed by atoms with E-state index in [-0.39, 0.29) is 76.4 Å². The Labute approximate surface area is 413 Å². The molecular weight excluding hydrogens is 895 g/mol. The molecule has 10 N–H and O–H groups in total. The molecule has 18 nitrogen and oxygen atoms in total. The molecule has 3 atom stereocenters. The first-order valence-electron chi connectivity index (χ1n) is 26.1. The van der Waals surface area contributed by atoms with Crippen molar-refractivity contribution in [3.63, 3.8) is 0 Å². The number of aliphatic hydroxyl groups excluding tert-OH is 1. The monoisotopic (exact) mass is 990 g/mol. The van der Waals surface area contributed by atoms with Crippen molar-refractivity contribution in [1.82, 2.24) is 26.6 Å². The number of carbonyl (C=O) groups excluding carboxylic acids is 6. The lowest BCUT2D eigenvalue weighted by Gasteiger charge is -2.21. The first-order chi connectivity index (χ1) is 33.0. The Bertz CT molecular complexity index is 1270. The standard InChI is InChI=1S/C49H95N7O11S/c1-3-5-7-9-11-13-15-17-19-21-23-25-29-53-48(62)66-33-27-41(67-49(63)54-30-26-24-22-20-18-16-14-12-10-8-6-4-2)39-68-40-42(50)46(60)56-43(38-57)47(61)52-31-34-65-36-35-64-32-28-45(59)55-37-44(51)58/h41-43,57H,3-40,50H2,1-2H3,(H2,51,58)(H,52,61)(H,53,62)(H,54,63)(H,55,59)(H,56,60)/t41-,42+,43+/m1/s1. The molecule has 398 valence electrons. The predicted octanol–water partition coefficient (Wildman–Crippen LogP) is 6.28. The van der Waals surface area contributed by atoms with Crippen LogP contribution in [0.3, 0.4) is 0 Å². The van der Waals surface area contributed by atoms with Gasteiger partial charge in [0.05, 0.1) is 52.2 Å². The van der Waals surface area contributed by atoms with Crippen molar-refractivity contribution in [3.8, 4) is 0 Å². The van der Waals surface area contributed by atoms with Crippen molar-refractivity contribution < 1.29 is 52.8 Å². The Kier molecular flexibility index (Phi) is 46.2. The SMILES string of the molecule is CCCCCCCCCCCCCCNC(=O)OCC[C@H](CSC[C@H](N)C(=O)N[C@@H](CO)C(=O)NCCOCCOCCC(=O)NCC(N)=O)OC(=O)NCCCCCCCCCCCCCC. The van der Waals surface area contributed by atoms with Gasteiger partial charge in [-0.15, -0.1) is 0 Å². The van der Waals surface area contributed by atoms with Gasteiger partial charge >= 0.3 is 12.2 Å². The highest BCUT2D eigenvalue weighted by atomic mass is 32.2. The van der Waals surface area contributed by atoms with E-state index in [1.165, 1.54) is 127 Å². The van der Waals surface area contributed by atoms with Gasteiger partial charge in [0.25, 0.3) is 0 Å². The molecule has 0 aliphatic carbocycles. The summed E-state index contributed by atoms with van der Waals surface area (Å²) < 4.78 is 21.8. The van der Waals surface area contributed by atoms with Crippen LogP contribution in [0.1, 0.15) is 181 Å². The fourth-order valence-electron chi connectivity index (χ4n) is 7.02. The van der Waals surface area contributed by atoms with Crippen molar-refractivity contribution in [3.05, 3.63) is 0 Å². The summed E-state index contributed by atoms with van der Waals surface area (Å²) in [5.74, 6) is -1.87. The van der Waals surface area contributed by atoms with Gasteiger partial charge in [-0.3, -0.25) is 19.2 Å². The van der Waals surface area contributed by atoms with E-state index in [4.69, 9.17) is 30.4 Å². The Morgan fingerprint density at radius 1 is 0.544 bits per heavy atom. The normalized spacial score (nSPS) is 12.4. The summed E-state index contributed by atoms with van der Waals surface area (Å²) in [7, 11) is 0. The molecule has 0 saturated carbocycles. The minimum absolute atomic E-state index is 0.0288. The molecule has 0 aliphatic heterocycles. The van der Waals surface area contributed by atoms with Crippen LogP contribution >= 0.6 is 11.8 Å². The summed E-state index contributed by atoms with van der Waals surface area (Å²) in [6.07, 6.45) is 28.1. The van der Waals surface area contributed by atoms with E-state index in [2.05, 4.69) is 40.4 Å². The molecule has 0 unspecified atom stereocenters. The lowest BCUT2D eigenvalue weighted by atomic mass is 10.1. The number of unbranched alkanes of at least 4 members (excludes halogenated alkanes) is 22. The maximum Gasteiger partial charge on any atom is 0.407 e. The van der Waals surface area contributed by atoms with Crippen LogP contribution in [-0.2, 0) is 38.1 Å². The summed E-state index contributed by atoms with van der Waals surface area (Å²) in [6.45, 7) is 5.39. The molecule has 68 heavy (non-hydrogen) atoms. The molecule has 0 spiro atoms. The third-order valence-corrected chi connectivity index (χ3v) is 12.4. The van der Waals surface area contributed by atoms with Crippen LogP contribution in [0, 0.1) is 0 Å². The zero-order chi connectivity index (χ0) is 50.1. The van der Waals surface area contributed by atoms with Gasteiger partial charge in [-0.25, -0.2) is 9.59 Å². The number of amides is 6. The Morgan fingerprint density at radius 2 is 1.03 bits per heavy atom. The third kappa shape index (κ3) is 43.9. The Balaban J connectivity index is 4.66. The van der Waals surface area contributed by atoms with E-state index >= 15 is 0 Å². The van der Waals surface area contributed by atoms with E-state index < -0.39 is 54.7 Å². The van der Waals surface area contributed by atoms with Crippen LogP contribution in [0.2, 0.25) is 0 Å². The zero-order valence-corrected chi connectivity index (χ0v) is 43.0. The highest BCUT2D eigenvalue weighted by Crippen LogP contribution is 2.14. The second-order valence-electron chi connectivity index (χ2n) is 17.5. The number of thioether (sulfide) groups is 1. The number of rotatable bonds is 49. The molecule has 0 bridgehead atoms. The lowest BCUT2D eigenvalue weighted by molar-refractivity contribution is -0.130. The van der Waals surface area contributed by atoms with Gasteiger partial charge in [0.2, 0.25) is 23.6 Å². The number of hydrogen-bond acceptors (Lipinski definition) is 13. The largest absolute Gasteiger partial charge is 0.449 e. The van der Waals surface area contributed by atoms with E-state index in [0.29, 0.717) is 13.1 Å². The van der Waals surface area contributed by atoms with Crippen molar-refractivity contribution >= 4 is 47.6 Å². The van der Waals surface area contributed by atoms with E-state index in [9.17, 15) is 33.9 Å². The van der Waals surface area contributed by atoms with Gasteiger partial charge in [0.1, 0.15) is 12.1 Å². The number of nitrogens with one attached hydrogen (secondary N) is 5. The first-order valence-corrected chi connectivity index (χ1v) is 27.3. The van der Waals surface area contributed by atoms with Gasteiger partial charge in [-0.1, -0.05) is 155 Å². The van der Waals surface area contributed by atoms with Gasteiger partial charge in [0.15, 0.2) is 0 Å². The quantitative estimate of drug-likeness (QED) is 0.0312. The molecule has 0 rings (SSSR count). The second-order valence-corrected chi connectivity index (χ2v) is 18.6. The number of alkyl carbamates (subject to hydrolysis) is 2. The molecule has 0 aromatic heterocycles. The second kappa shape index (κ2) is 48.6.